The monoisotopic (exact) mass is 277 g/mol. The number of aromatic nitrogens is 1. The molecule has 0 aliphatic carbocycles. The van der Waals surface area contributed by atoms with Gasteiger partial charge in [-0.2, -0.15) is 0 Å². The molecule has 2 aromatic rings. The Bertz CT molecular complexity index is 625. The second kappa shape index (κ2) is 5.81. The average Bonchev–Trinajstić information content (AvgIpc) is 2.40. The van der Waals surface area contributed by atoms with Gasteiger partial charge in [-0.25, -0.2) is 13.1 Å². The molecule has 3 N–H and O–H groups in total. The summed E-state index contributed by atoms with van der Waals surface area (Å²) in [6.07, 6.45) is 3.28. The second-order valence-corrected chi connectivity index (χ2v) is 5.99. The van der Waals surface area contributed by atoms with Gasteiger partial charge in [-0.05, 0) is 29.3 Å². The molecule has 0 spiro atoms. The van der Waals surface area contributed by atoms with Crippen molar-refractivity contribution < 1.29 is 8.42 Å². The maximum Gasteiger partial charge on any atom is 0.216 e. The summed E-state index contributed by atoms with van der Waals surface area (Å²) < 4.78 is 26.3. The van der Waals surface area contributed by atoms with Gasteiger partial charge in [0.2, 0.25) is 10.0 Å². The Morgan fingerprint density at radius 2 is 1.84 bits per heavy atom. The maximum atomic E-state index is 11.9. The van der Waals surface area contributed by atoms with Crippen LogP contribution in [0.3, 0.4) is 0 Å². The first-order valence-electron chi connectivity index (χ1n) is 5.76. The Morgan fingerprint density at radius 1 is 1.11 bits per heavy atom. The minimum atomic E-state index is -3.36. The van der Waals surface area contributed by atoms with E-state index in [0.717, 1.165) is 5.56 Å². The fourth-order valence-electron chi connectivity index (χ4n) is 1.58. The van der Waals surface area contributed by atoms with Crippen LogP contribution < -0.4 is 10.5 Å². The van der Waals surface area contributed by atoms with Gasteiger partial charge in [0, 0.05) is 24.6 Å². The third-order valence-corrected chi connectivity index (χ3v) is 3.85. The quantitative estimate of drug-likeness (QED) is 0.806. The molecule has 1 heterocycles. The van der Waals surface area contributed by atoms with Crippen molar-refractivity contribution in [1.82, 2.24) is 9.71 Å². The molecule has 6 heteroatoms. The molecule has 0 bridgehead atoms. The molecule has 0 saturated heterocycles. The molecule has 1 aromatic carbocycles. The minimum absolute atomic E-state index is 0.0620. The van der Waals surface area contributed by atoms with Crippen molar-refractivity contribution in [1.29, 1.82) is 0 Å². The Morgan fingerprint density at radius 3 is 2.47 bits per heavy atom. The molecular weight excluding hydrogens is 262 g/mol. The highest BCUT2D eigenvalue weighted by Crippen LogP contribution is 2.09. The Kier molecular flexibility index (Phi) is 4.13. The first-order chi connectivity index (χ1) is 9.05. The number of nitrogen functional groups attached to an aromatic ring is 1. The minimum Gasteiger partial charge on any atom is -0.399 e. The zero-order valence-electron chi connectivity index (χ0n) is 10.3. The zero-order chi connectivity index (χ0) is 13.7. The SMILES string of the molecule is Nc1ccc(CS(=O)(=O)NCc2cccnc2)cc1. The summed E-state index contributed by atoms with van der Waals surface area (Å²) in [6, 6.07) is 10.4. The largest absolute Gasteiger partial charge is 0.399 e. The van der Waals surface area contributed by atoms with E-state index in [1.165, 1.54) is 0 Å². The van der Waals surface area contributed by atoms with E-state index in [1.807, 2.05) is 6.07 Å². The molecule has 0 aliphatic rings. The molecule has 100 valence electrons. The van der Waals surface area contributed by atoms with Crippen LogP contribution in [-0.4, -0.2) is 13.4 Å². The molecule has 0 unspecified atom stereocenters. The molecule has 1 aromatic heterocycles. The molecule has 19 heavy (non-hydrogen) atoms. The molecule has 5 nitrogen and oxygen atoms in total. The number of nitrogens with one attached hydrogen (secondary N) is 1. The zero-order valence-corrected chi connectivity index (χ0v) is 11.1. The van der Waals surface area contributed by atoms with Gasteiger partial charge in [-0.15, -0.1) is 0 Å². The van der Waals surface area contributed by atoms with Crippen molar-refractivity contribution in [2.75, 3.05) is 5.73 Å². The summed E-state index contributed by atoms with van der Waals surface area (Å²) in [6.45, 7) is 0.241. The second-order valence-electron chi connectivity index (χ2n) is 4.18. The lowest BCUT2D eigenvalue weighted by Crippen LogP contribution is -2.24. The van der Waals surface area contributed by atoms with Gasteiger partial charge in [0.1, 0.15) is 0 Å². The highest BCUT2D eigenvalue weighted by Gasteiger charge is 2.11. The van der Waals surface area contributed by atoms with Crippen molar-refractivity contribution in [3.05, 3.63) is 59.9 Å². The lowest BCUT2D eigenvalue weighted by molar-refractivity contribution is 0.580. The number of sulfonamides is 1. The van der Waals surface area contributed by atoms with Crippen LogP contribution in [0, 0.1) is 0 Å². The van der Waals surface area contributed by atoms with E-state index in [-0.39, 0.29) is 12.3 Å². The molecule has 0 amide bonds. The van der Waals surface area contributed by atoms with Crippen molar-refractivity contribution >= 4 is 15.7 Å². The van der Waals surface area contributed by atoms with Crippen LogP contribution in [0.1, 0.15) is 11.1 Å². The van der Waals surface area contributed by atoms with Crippen LogP contribution in [0.5, 0.6) is 0 Å². The topological polar surface area (TPSA) is 85.1 Å². The molecule has 0 radical (unpaired) electrons. The summed E-state index contributed by atoms with van der Waals surface area (Å²) in [4.78, 5) is 3.93. The van der Waals surface area contributed by atoms with Gasteiger partial charge in [0.15, 0.2) is 0 Å². The summed E-state index contributed by atoms with van der Waals surface area (Å²) >= 11 is 0. The fourth-order valence-corrected chi connectivity index (χ4v) is 2.70. The van der Waals surface area contributed by atoms with Crippen molar-refractivity contribution in [2.24, 2.45) is 0 Å². The summed E-state index contributed by atoms with van der Waals surface area (Å²) in [5.41, 5.74) is 7.69. The lowest BCUT2D eigenvalue weighted by atomic mass is 10.2. The van der Waals surface area contributed by atoms with Gasteiger partial charge in [0.25, 0.3) is 0 Å². The Balaban J connectivity index is 1.97. The summed E-state index contributed by atoms with van der Waals surface area (Å²) in [7, 11) is -3.36. The van der Waals surface area contributed by atoms with Crippen LogP contribution in [0.25, 0.3) is 0 Å². The van der Waals surface area contributed by atoms with E-state index in [1.54, 1.807) is 42.7 Å². The van der Waals surface area contributed by atoms with Gasteiger partial charge in [-0.1, -0.05) is 18.2 Å². The Hall–Kier alpha value is -1.92. The number of hydrogen-bond donors (Lipinski definition) is 2. The van der Waals surface area contributed by atoms with Crippen LogP contribution >= 0.6 is 0 Å². The number of pyridine rings is 1. The van der Waals surface area contributed by atoms with Gasteiger partial charge >= 0.3 is 0 Å². The fraction of sp³-hybridized carbons (Fsp3) is 0.154. The van der Waals surface area contributed by atoms with Crippen LogP contribution in [0.4, 0.5) is 5.69 Å². The van der Waals surface area contributed by atoms with Crippen LogP contribution in [-0.2, 0) is 22.3 Å². The van der Waals surface area contributed by atoms with Crippen molar-refractivity contribution in [3.8, 4) is 0 Å². The molecular formula is C13H15N3O2S. The van der Waals surface area contributed by atoms with Crippen molar-refractivity contribution in [2.45, 2.75) is 12.3 Å². The number of benzene rings is 1. The van der Waals surface area contributed by atoms with Crippen LogP contribution in [0.2, 0.25) is 0 Å². The highest BCUT2D eigenvalue weighted by molar-refractivity contribution is 7.88. The van der Waals surface area contributed by atoms with E-state index in [4.69, 9.17) is 5.73 Å². The van der Waals surface area contributed by atoms with E-state index < -0.39 is 10.0 Å². The van der Waals surface area contributed by atoms with E-state index in [0.29, 0.717) is 11.3 Å². The first-order valence-corrected chi connectivity index (χ1v) is 7.41. The van der Waals surface area contributed by atoms with E-state index in [9.17, 15) is 8.42 Å². The molecule has 2 rings (SSSR count). The summed E-state index contributed by atoms with van der Waals surface area (Å²) in [5, 5.41) is 0. The highest BCUT2D eigenvalue weighted by atomic mass is 32.2. The third kappa shape index (κ3) is 4.35. The number of nitrogens with two attached hydrogens (primary N) is 1. The number of nitrogens with zero attached hydrogens (tertiary/aromatic N) is 1. The smallest absolute Gasteiger partial charge is 0.216 e. The normalized spacial score (nSPS) is 11.4. The molecule has 0 saturated carbocycles. The van der Waals surface area contributed by atoms with Crippen LogP contribution in [0.15, 0.2) is 48.8 Å². The number of rotatable bonds is 5. The van der Waals surface area contributed by atoms with E-state index in [2.05, 4.69) is 9.71 Å². The maximum absolute atomic E-state index is 11.9. The number of anilines is 1. The summed E-state index contributed by atoms with van der Waals surface area (Å²) in [5.74, 6) is -0.0620. The standard InChI is InChI=1S/C13H15N3O2S/c14-13-5-3-11(4-6-13)10-19(17,18)16-9-12-2-1-7-15-8-12/h1-8,16H,9-10,14H2. The molecule has 0 atom stereocenters. The first kappa shape index (κ1) is 13.5. The van der Waals surface area contributed by atoms with Gasteiger partial charge in [0.05, 0.1) is 5.75 Å². The third-order valence-electron chi connectivity index (χ3n) is 2.56. The predicted molar refractivity (Wildman–Crippen MR) is 74.6 cm³/mol. The Labute approximate surface area is 112 Å². The lowest BCUT2D eigenvalue weighted by Gasteiger charge is -2.07. The number of hydrogen-bond acceptors (Lipinski definition) is 4. The van der Waals surface area contributed by atoms with Crippen molar-refractivity contribution in [3.63, 3.8) is 0 Å². The average molecular weight is 277 g/mol. The van der Waals surface area contributed by atoms with Gasteiger partial charge < -0.3 is 5.73 Å². The molecule has 0 aliphatic heterocycles. The van der Waals surface area contributed by atoms with Gasteiger partial charge in [-0.3, -0.25) is 4.98 Å². The predicted octanol–water partition coefficient (Wildman–Crippen LogP) is 1.28. The van der Waals surface area contributed by atoms with E-state index >= 15 is 0 Å². The molecule has 0 fully saturated rings.